The first-order chi connectivity index (χ1) is 11.7. The fraction of sp³-hybridized carbons (Fsp3) is 0.412. The van der Waals surface area contributed by atoms with Gasteiger partial charge in [0.2, 0.25) is 0 Å². The molecule has 2 heterocycles. The quantitative estimate of drug-likeness (QED) is 0.824. The predicted octanol–water partition coefficient (Wildman–Crippen LogP) is 1.32. The van der Waals surface area contributed by atoms with Crippen LogP contribution in [0, 0.1) is 0 Å². The van der Waals surface area contributed by atoms with Gasteiger partial charge in [-0.15, -0.1) is 11.3 Å². The minimum absolute atomic E-state index is 0.161. The number of rotatable bonds is 6. The van der Waals surface area contributed by atoms with E-state index in [1.54, 1.807) is 5.38 Å². The van der Waals surface area contributed by atoms with Crippen molar-refractivity contribution in [1.82, 2.24) is 9.88 Å². The molecule has 1 aromatic carbocycles. The Labute approximate surface area is 145 Å². The van der Waals surface area contributed by atoms with Gasteiger partial charge >= 0.3 is 0 Å². The van der Waals surface area contributed by atoms with Crippen molar-refractivity contribution < 1.29 is 9.90 Å². The largest absolute Gasteiger partial charge is 0.396 e. The summed E-state index contributed by atoms with van der Waals surface area (Å²) in [5.74, 6) is -0.493. The number of carbonyl (C=O) groups is 1. The topological polar surface area (TPSA) is 82.7 Å². The summed E-state index contributed by atoms with van der Waals surface area (Å²) in [7, 11) is 0. The Balaban J connectivity index is 1.69. The molecule has 1 atom stereocenters. The molecule has 1 fully saturated rings. The van der Waals surface area contributed by atoms with Gasteiger partial charge in [0.1, 0.15) is 5.69 Å². The molecule has 1 aliphatic heterocycles. The third-order valence-corrected chi connectivity index (χ3v) is 5.21. The third kappa shape index (κ3) is 3.92. The zero-order valence-electron chi connectivity index (χ0n) is 13.5. The Bertz CT molecular complexity index is 676. The number of piperazine rings is 1. The van der Waals surface area contributed by atoms with E-state index in [4.69, 9.17) is 5.73 Å². The number of benzene rings is 1. The van der Waals surface area contributed by atoms with Crippen molar-refractivity contribution in [2.24, 2.45) is 5.73 Å². The minimum atomic E-state index is -0.493. The van der Waals surface area contributed by atoms with Crippen LogP contribution in [0.2, 0.25) is 0 Å². The molecule has 1 aliphatic rings. The molecular formula is C17H22N4O2S. The maximum atomic E-state index is 11.2. The van der Waals surface area contributed by atoms with Gasteiger partial charge in [-0.2, -0.15) is 0 Å². The number of carbonyl (C=O) groups excluding carboxylic acids is 1. The molecule has 0 saturated carbocycles. The van der Waals surface area contributed by atoms with Gasteiger partial charge in [-0.3, -0.25) is 9.69 Å². The Morgan fingerprint density at radius 2 is 2.12 bits per heavy atom. The number of anilines is 1. The summed E-state index contributed by atoms with van der Waals surface area (Å²) >= 11 is 1.44. The van der Waals surface area contributed by atoms with Crippen molar-refractivity contribution in [3.05, 3.63) is 47.0 Å². The number of hydrogen-bond acceptors (Lipinski definition) is 6. The molecule has 0 aliphatic carbocycles. The second-order valence-electron chi connectivity index (χ2n) is 5.95. The lowest BCUT2D eigenvalue weighted by atomic mass is 10.1. The van der Waals surface area contributed by atoms with Crippen molar-refractivity contribution in [3.63, 3.8) is 0 Å². The summed E-state index contributed by atoms with van der Waals surface area (Å²) in [6, 6.07) is 10.6. The van der Waals surface area contributed by atoms with Crippen LogP contribution in [0.15, 0.2) is 35.7 Å². The fourth-order valence-electron chi connectivity index (χ4n) is 3.04. The number of thiazole rings is 1. The highest BCUT2D eigenvalue weighted by Gasteiger charge is 2.28. The predicted molar refractivity (Wildman–Crippen MR) is 95.2 cm³/mol. The van der Waals surface area contributed by atoms with Crippen LogP contribution < -0.4 is 10.6 Å². The number of aliphatic hydroxyl groups is 1. The van der Waals surface area contributed by atoms with E-state index in [0.29, 0.717) is 5.69 Å². The van der Waals surface area contributed by atoms with Crippen LogP contribution in [-0.2, 0) is 6.54 Å². The van der Waals surface area contributed by atoms with E-state index in [0.717, 1.165) is 37.7 Å². The van der Waals surface area contributed by atoms with Crippen molar-refractivity contribution in [2.45, 2.75) is 19.0 Å². The van der Waals surface area contributed by atoms with Crippen LogP contribution in [0.1, 0.15) is 22.5 Å². The molecule has 1 saturated heterocycles. The highest BCUT2D eigenvalue weighted by Crippen LogP contribution is 2.25. The summed E-state index contributed by atoms with van der Waals surface area (Å²) in [6.07, 6.45) is 0.720. The monoisotopic (exact) mass is 346 g/mol. The molecule has 0 unspecified atom stereocenters. The number of amides is 1. The Morgan fingerprint density at radius 3 is 2.79 bits per heavy atom. The smallest absolute Gasteiger partial charge is 0.268 e. The summed E-state index contributed by atoms with van der Waals surface area (Å²) in [4.78, 5) is 20.1. The molecule has 0 bridgehead atoms. The number of nitrogens with two attached hydrogens (primary N) is 1. The molecule has 2 aromatic rings. The summed E-state index contributed by atoms with van der Waals surface area (Å²) < 4.78 is 0. The highest BCUT2D eigenvalue weighted by molar-refractivity contribution is 7.13. The van der Waals surface area contributed by atoms with E-state index in [1.165, 1.54) is 16.9 Å². The third-order valence-electron chi connectivity index (χ3n) is 4.31. The van der Waals surface area contributed by atoms with Gasteiger partial charge in [-0.25, -0.2) is 4.98 Å². The van der Waals surface area contributed by atoms with Crippen LogP contribution in [0.5, 0.6) is 0 Å². The van der Waals surface area contributed by atoms with E-state index >= 15 is 0 Å². The molecule has 6 nitrogen and oxygen atoms in total. The van der Waals surface area contributed by atoms with Gasteiger partial charge in [0, 0.05) is 44.2 Å². The van der Waals surface area contributed by atoms with Crippen LogP contribution >= 0.6 is 11.3 Å². The first-order valence-electron chi connectivity index (χ1n) is 8.06. The SMILES string of the molecule is NC(=O)c1csc(N2CCN(Cc3ccccc3)[C@H](CCO)C2)n1. The molecule has 128 valence electrons. The maximum absolute atomic E-state index is 11.2. The molecule has 0 spiro atoms. The fourth-order valence-corrected chi connectivity index (χ4v) is 3.89. The lowest BCUT2D eigenvalue weighted by molar-refractivity contribution is 0.0996. The van der Waals surface area contributed by atoms with Crippen LogP contribution in [0.4, 0.5) is 5.13 Å². The van der Waals surface area contributed by atoms with Crippen molar-refractivity contribution in [3.8, 4) is 0 Å². The minimum Gasteiger partial charge on any atom is -0.396 e. The second kappa shape index (κ2) is 7.74. The number of hydrogen-bond donors (Lipinski definition) is 2. The van der Waals surface area contributed by atoms with E-state index in [9.17, 15) is 9.90 Å². The molecule has 1 amide bonds. The highest BCUT2D eigenvalue weighted by atomic mass is 32.1. The summed E-state index contributed by atoms with van der Waals surface area (Å²) in [5.41, 5.74) is 6.88. The zero-order chi connectivity index (χ0) is 16.9. The second-order valence-corrected chi connectivity index (χ2v) is 6.78. The normalized spacial score (nSPS) is 18.7. The number of nitrogens with zero attached hydrogens (tertiary/aromatic N) is 3. The van der Waals surface area contributed by atoms with Gasteiger partial charge in [-0.1, -0.05) is 30.3 Å². The standard InChI is InChI=1S/C17H22N4O2S/c18-16(23)15-12-24-17(19-15)21-8-7-20(14(11-21)6-9-22)10-13-4-2-1-3-5-13/h1-5,12,14,22H,6-11H2,(H2,18,23)/t14-/m1/s1. The number of aromatic nitrogens is 1. The summed E-state index contributed by atoms with van der Waals surface area (Å²) in [6.45, 7) is 3.57. The average Bonchev–Trinajstić information content (AvgIpc) is 3.08. The zero-order valence-corrected chi connectivity index (χ0v) is 14.3. The van der Waals surface area contributed by atoms with Gasteiger partial charge in [-0.05, 0) is 12.0 Å². The molecule has 24 heavy (non-hydrogen) atoms. The molecule has 1 aromatic heterocycles. The molecule has 7 heteroatoms. The van der Waals surface area contributed by atoms with E-state index in [1.807, 2.05) is 18.2 Å². The molecular weight excluding hydrogens is 324 g/mol. The molecule has 3 rings (SSSR count). The molecule has 3 N–H and O–H groups in total. The van der Waals surface area contributed by atoms with Crippen LogP contribution in [-0.4, -0.2) is 53.2 Å². The van der Waals surface area contributed by atoms with E-state index in [-0.39, 0.29) is 12.6 Å². The van der Waals surface area contributed by atoms with Gasteiger partial charge in [0.05, 0.1) is 0 Å². The Kier molecular flexibility index (Phi) is 5.44. The van der Waals surface area contributed by atoms with Crippen molar-refractivity contribution >= 4 is 22.4 Å². The maximum Gasteiger partial charge on any atom is 0.268 e. The van der Waals surface area contributed by atoms with Crippen molar-refractivity contribution in [1.29, 1.82) is 0 Å². The number of aliphatic hydroxyl groups excluding tert-OH is 1. The summed E-state index contributed by atoms with van der Waals surface area (Å²) in [5, 5.41) is 11.9. The van der Waals surface area contributed by atoms with E-state index < -0.39 is 5.91 Å². The number of primary amides is 1. The average molecular weight is 346 g/mol. The van der Waals surface area contributed by atoms with Gasteiger partial charge < -0.3 is 15.7 Å². The lowest BCUT2D eigenvalue weighted by Gasteiger charge is -2.41. The first-order valence-corrected chi connectivity index (χ1v) is 8.94. The van der Waals surface area contributed by atoms with Crippen molar-refractivity contribution in [2.75, 3.05) is 31.1 Å². The molecule has 0 radical (unpaired) electrons. The Hall–Kier alpha value is -1.96. The van der Waals surface area contributed by atoms with Crippen LogP contribution in [0.25, 0.3) is 0 Å². The van der Waals surface area contributed by atoms with Crippen LogP contribution in [0.3, 0.4) is 0 Å². The van der Waals surface area contributed by atoms with Gasteiger partial charge in [0.15, 0.2) is 5.13 Å². The first kappa shape index (κ1) is 16.9. The lowest BCUT2D eigenvalue weighted by Crippen LogP contribution is -2.53. The Morgan fingerprint density at radius 1 is 1.33 bits per heavy atom. The van der Waals surface area contributed by atoms with E-state index in [2.05, 4.69) is 26.9 Å². The van der Waals surface area contributed by atoms with Gasteiger partial charge in [0.25, 0.3) is 5.91 Å².